The van der Waals surface area contributed by atoms with Crippen molar-refractivity contribution in [2.24, 2.45) is 0 Å². The summed E-state index contributed by atoms with van der Waals surface area (Å²) in [6.07, 6.45) is 0. The second-order valence-electron chi connectivity index (χ2n) is 2.62. The zero-order valence-electron chi connectivity index (χ0n) is 7.51. The van der Waals surface area contributed by atoms with E-state index in [4.69, 9.17) is 10.5 Å². The Balaban J connectivity index is 2.64. The number of nitrogens with two attached hydrogens (primary N) is 1. The van der Waals surface area contributed by atoms with E-state index in [2.05, 4.69) is 5.32 Å². The molecule has 4 heteroatoms. The third-order valence-electron chi connectivity index (χ3n) is 1.65. The number of nitrogen functional groups attached to an aromatic ring is 1. The SMILES string of the molecule is COCCNc1c(N)cccc1F. The molecule has 1 aromatic carbocycles. The molecule has 0 saturated heterocycles. The van der Waals surface area contributed by atoms with Crippen molar-refractivity contribution < 1.29 is 9.13 Å². The zero-order chi connectivity index (χ0) is 9.68. The average Bonchev–Trinajstić information content (AvgIpc) is 2.10. The molecule has 0 radical (unpaired) electrons. The molecule has 0 spiro atoms. The van der Waals surface area contributed by atoms with Crippen LogP contribution >= 0.6 is 0 Å². The van der Waals surface area contributed by atoms with Gasteiger partial charge in [-0.15, -0.1) is 0 Å². The molecular weight excluding hydrogens is 171 g/mol. The maximum atomic E-state index is 13.1. The first-order valence-electron chi connectivity index (χ1n) is 4.02. The standard InChI is InChI=1S/C9H13FN2O/c1-13-6-5-12-9-7(10)3-2-4-8(9)11/h2-4,12H,5-6,11H2,1H3. The molecule has 13 heavy (non-hydrogen) atoms. The Morgan fingerprint density at radius 1 is 1.54 bits per heavy atom. The van der Waals surface area contributed by atoms with Crippen molar-refractivity contribution >= 4 is 11.4 Å². The molecule has 0 aliphatic carbocycles. The number of rotatable bonds is 4. The fourth-order valence-corrected chi connectivity index (χ4v) is 1.01. The summed E-state index contributed by atoms with van der Waals surface area (Å²) in [5.74, 6) is -0.337. The van der Waals surface area contributed by atoms with Crippen molar-refractivity contribution in [1.82, 2.24) is 0 Å². The zero-order valence-corrected chi connectivity index (χ0v) is 7.51. The van der Waals surface area contributed by atoms with Gasteiger partial charge in [0.2, 0.25) is 0 Å². The Bertz CT molecular complexity index is 258. The summed E-state index contributed by atoms with van der Waals surface area (Å²) >= 11 is 0. The van der Waals surface area contributed by atoms with Crippen molar-refractivity contribution in [3.8, 4) is 0 Å². The maximum absolute atomic E-state index is 13.1. The molecule has 0 saturated carbocycles. The minimum absolute atomic E-state index is 0.337. The summed E-state index contributed by atoms with van der Waals surface area (Å²) in [7, 11) is 1.59. The number of methoxy groups -OCH3 is 1. The van der Waals surface area contributed by atoms with E-state index in [0.29, 0.717) is 24.5 Å². The molecule has 0 heterocycles. The van der Waals surface area contributed by atoms with Gasteiger partial charge in [0.25, 0.3) is 0 Å². The molecular formula is C9H13FN2O. The number of halogens is 1. The van der Waals surface area contributed by atoms with Crippen LogP contribution in [0, 0.1) is 5.82 Å². The van der Waals surface area contributed by atoms with Gasteiger partial charge < -0.3 is 15.8 Å². The lowest BCUT2D eigenvalue weighted by Crippen LogP contribution is -2.10. The van der Waals surface area contributed by atoms with Crippen molar-refractivity contribution in [3.05, 3.63) is 24.0 Å². The number of anilines is 2. The van der Waals surface area contributed by atoms with Crippen LogP contribution in [0.2, 0.25) is 0 Å². The van der Waals surface area contributed by atoms with Gasteiger partial charge in [0.05, 0.1) is 18.0 Å². The average molecular weight is 184 g/mol. The van der Waals surface area contributed by atoms with Gasteiger partial charge in [-0.2, -0.15) is 0 Å². The molecule has 3 N–H and O–H groups in total. The van der Waals surface area contributed by atoms with E-state index in [1.54, 1.807) is 19.2 Å². The van der Waals surface area contributed by atoms with E-state index in [-0.39, 0.29) is 5.82 Å². The van der Waals surface area contributed by atoms with Crippen LogP contribution in [0.4, 0.5) is 15.8 Å². The highest BCUT2D eigenvalue weighted by Crippen LogP contribution is 2.20. The molecule has 0 aliphatic rings. The Kier molecular flexibility index (Phi) is 3.52. The van der Waals surface area contributed by atoms with Gasteiger partial charge in [-0.1, -0.05) is 6.07 Å². The first-order valence-corrected chi connectivity index (χ1v) is 4.02. The molecule has 0 aliphatic heterocycles. The van der Waals surface area contributed by atoms with E-state index in [1.807, 2.05) is 0 Å². The largest absolute Gasteiger partial charge is 0.397 e. The highest BCUT2D eigenvalue weighted by Gasteiger charge is 2.03. The molecule has 3 nitrogen and oxygen atoms in total. The van der Waals surface area contributed by atoms with Crippen molar-refractivity contribution in [2.75, 3.05) is 31.3 Å². The highest BCUT2D eigenvalue weighted by atomic mass is 19.1. The number of hydrogen-bond acceptors (Lipinski definition) is 3. The van der Waals surface area contributed by atoms with E-state index in [0.717, 1.165) is 0 Å². The van der Waals surface area contributed by atoms with Crippen LogP contribution in [0.15, 0.2) is 18.2 Å². The monoisotopic (exact) mass is 184 g/mol. The number of hydrogen-bond donors (Lipinski definition) is 2. The summed E-state index contributed by atoms with van der Waals surface area (Å²) < 4.78 is 17.9. The van der Waals surface area contributed by atoms with Crippen LogP contribution in [0.3, 0.4) is 0 Å². The van der Waals surface area contributed by atoms with Gasteiger partial charge in [-0.3, -0.25) is 0 Å². The molecule has 1 rings (SSSR count). The minimum Gasteiger partial charge on any atom is -0.397 e. The van der Waals surface area contributed by atoms with Gasteiger partial charge in [-0.05, 0) is 12.1 Å². The van der Waals surface area contributed by atoms with E-state index in [1.165, 1.54) is 6.07 Å². The van der Waals surface area contributed by atoms with E-state index < -0.39 is 0 Å². The van der Waals surface area contributed by atoms with Crippen LogP contribution in [-0.4, -0.2) is 20.3 Å². The lowest BCUT2D eigenvalue weighted by Gasteiger charge is -2.09. The van der Waals surface area contributed by atoms with Crippen LogP contribution in [0.5, 0.6) is 0 Å². The first kappa shape index (κ1) is 9.80. The molecule has 0 fully saturated rings. The summed E-state index contributed by atoms with van der Waals surface area (Å²) in [5, 5.41) is 2.86. The van der Waals surface area contributed by atoms with Crippen molar-refractivity contribution in [1.29, 1.82) is 0 Å². The molecule has 72 valence electrons. The number of nitrogens with one attached hydrogen (secondary N) is 1. The third-order valence-corrected chi connectivity index (χ3v) is 1.65. The first-order chi connectivity index (χ1) is 6.25. The van der Waals surface area contributed by atoms with Crippen molar-refractivity contribution in [2.45, 2.75) is 0 Å². The molecule has 0 unspecified atom stereocenters. The highest BCUT2D eigenvalue weighted by molar-refractivity contribution is 5.66. The summed E-state index contributed by atoms with van der Waals surface area (Å²) in [5.41, 5.74) is 6.32. The number of ether oxygens (including phenoxy) is 1. The normalized spacial score (nSPS) is 10.0. The Morgan fingerprint density at radius 3 is 2.92 bits per heavy atom. The Morgan fingerprint density at radius 2 is 2.31 bits per heavy atom. The topological polar surface area (TPSA) is 47.3 Å². The second-order valence-corrected chi connectivity index (χ2v) is 2.62. The van der Waals surface area contributed by atoms with Gasteiger partial charge in [0.15, 0.2) is 0 Å². The molecule has 0 amide bonds. The lowest BCUT2D eigenvalue weighted by molar-refractivity contribution is 0.210. The second kappa shape index (κ2) is 4.67. The third kappa shape index (κ3) is 2.59. The van der Waals surface area contributed by atoms with E-state index >= 15 is 0 Å². The smallest absolute Gasteiger partial charge is 0.148 e. The minimum atomic E-state index is -0.337. The van der Waals surface area contributed by atoms with Gasteiger partial charge in [-0.25, -0.2) is 4.39 Å². The predicted molar refractivity (Wildman–Crippen MR) is 51.2 cm³/mol. The molecule has 0 atom stereocenters. The summed E-state index contributed by atoms with van der Waals surface area (Å²) in [6, 6.07) is 4.59. The van der Waals surface area contributed by atoms with E-state index in [9.17, 15) is 4.39 Å². The van der Waals surface area contributed by atoms with Gasteiger partial charge in [0.1, 0.15) is 5.82 Å². The van der Waals surface area contributed by atoms with Gasteiger partial charge in [0, 0.05) is 13.7 Å². The summed E-state index contributed by atoms with van der Waals surface area (Å²) in [6.45, 7) is 1.06. The predicted octanol–water partition coefficient (Wildman–Crippen LogP) is 1.47. The van der Waals surface area contributed by atoms with Crippen LogP contribution in [0.25, 0.3) is 0 Å². The molecule has 1 aromatic rings. The summed E-state index contributed by atoms with van der Waals surface area (Å²) in [4.78, 5) is 0. The van der Waals surface area contributed by atoms with Crippen LogP contribution in [-0.2, 0) is 4.74 Å². The Labute approximate surface area is 76.7 Å². The fourth-order valence-electron chi connectivity index (χ4n) is 1.01. The van der Waals surface area contributed by atoms with Crippen LogP contribution in [0.1, 0.15) is 0 Å². The Hall–Kier alpha value is -1.29. The maximum Gasteiger partial charge on any atom is 0.148 e. The lowest BCUT2D eigenvalue weighted by atomic mass is 10.2. The van der Waals surface area contributed by atoms with Crippen molar-refractivity contribution in [3.63, 3.8) is 0 Å². The number of para-hydroxylation sites is 1. The van der Waals surface area contributed by atoms with Gasteiger partial charge >= 0.3 is 0 Å². The molecule has 0 bridgehead atoms. The molecule has 0 aromatic heterocycles. The quantitative estimate of drug-likeness (QED) is 0.550. The number of benzene rings is 1. The van der Waals surface area contributed by atoms with Crippen LogP contribution < -0.4 is 11.1 Å². The fraction of sp³-hybridized carbons (Fsp3) is 0.333.